The minimum absolute atomic E-state index is 0.565. The molecule has 0 aliphatic carbocycles. The molecule has 2 heterocycles. The van der Waals surface area contributed by atoms with Crippen molar-refractivity contribution in [3.05, 3.63) is 0 Å². The Morgan fingerprint density at radius 3 is 1.71 bits per heavy atom. The number of methoxy groups -OCH3 is 1. The molecule has 0 amide bonds. The average Bonchev–Trinajstić information content (AvgIpc) is 2.59. The molecule has 0 aromatic carbocycles. The van der Waals surface area contributed by atoms with Gasteiger partial charge in [0.15, 0.2) is 12.6 Å². The van der Waals surface area contributed by atoms with Gasteiger partial charge in [-0.05, 0) is 0 Å². The van der Waals surface area contributed by atoms with Gasteiger partial charge in [0.25, 0.3) is 0 Å². The Morgan fingerprint density at radius 2 is 1.21 bits per heavy atom. The third-order valence-corrected chi connectivity index (χ3v) is 4.20. The maximum absolute atomic E-state index is 10.2. The topological polar surface area (TPSA) is 179 Å². The first-order chi connectivity index (χ1) is 11.3. The number of ether oxygens (including phenoxy) is 4. The van der Waals surface area contributed by atoms with Crippen molar-refractivity contribution in [1.82, 2.24) is 0 Å². The lowest BCUT2D eigenvalue weighted by atomic mass is 9.97. The summed E-state index contributed by atoms with van der Waals surface area (Å²) in [5.41, 5.74) is 0. The Kier molecular flexibility index (Phi) is 6.87. The predicted octanol–water partition coefficient (Wildman–Crippen LogP) is -4.74. The predicted molar refractivity (Wildman–Crippen MR) is 73.4 cm³/mol. The summed E-state index contributed by atoms with van der Waals surface area (Å²) in [5.74, 6) is 0. The standard InChI is InChI=1S/C13H24O11/c1-21-13-11(9(19)7(17)5(3-15)23-13)24-12-10(20)8(18)6(16)4(2-14)22-12/h4-20H,2-3H2,1H3/t4?,5?,6-,7-,8?,9?,10+,11+,12+,13-/m1/s1. The van der Waals surface area contributed by atoms with Gasteiger partial charge in [-0.15, -0.1) is 0 Å². The monoisotopic (exact) mass is 356 g/mol. The SMILES string of the molecule is CO[C@@H]1OC(CO)[C@@H](O)C(O)[C@@H]1O[C@@H]1OC(CO)[C@@H](O)C(O)[C@@H]1O. The second kappa shape index (κ2) is 8.29. The van der Waals surface area contributed by atoms with E-state index in [9.17, 15) is 25.5 Å². The average molecular weight is 356 g/mol. The normalized spacial score (nSPS) is 50.0. The number of aliphatic hydroxyl groups is 7. The van der Waals surface area contributed by atoms with Gasteiger partial charge in [0.1, 0.15) is 48.8 Å². The van der Waals surface area contributed by atoms with E-state index < -0.39 is 74.6 Å². The molecular formula is C13H24O11. The van der Waals surface area contributed by atoms with Crippen molar-refractivity contribution >= 4 is 0 Å². The van der Waals surface area contributed by atoms with E-state index in [1.807, 2.05) is 0 Å². The molecule has 0 spiro atoms. The van der Waals surface area contributed by atoms with E-state index in [2.05, 4.69) is 0 Å². The summed E-state index contributed by atoms with van der Waals surface area (Å²) >= 11 is 0. The van der Waals surface area contributed by atoms with Crippen molar-refractivity contribution in [1.29, 1.82) is 0 Å². The third kappa shape index (κ3) is 3.71. The number of aliphatic hydroxyl groups excluding tert-OH is 7. The van der Waals surface area contributed by atoms with Gasteiger partial charge < -0.3 is 54.7 Å². The van der Waals surface area contributed by atoms with Crippen molar-refractivity contribution in [3.63, 3.8) is 0 Å². The fourth-order valence-electron chi connectivity index (χ4n) is 2.73. The fourth-order valence-corrected chi connectivity index (χ4v) is 2.73. The summed E-state index contributed by atoms with van der Waals surface area (Å²) in [5, 5.41) is 67.8. The van der Waals surface area contributed by atoms with Crippen LogP contribution in [0.5, 0.6) is 0 Å². The molecule has 0 aromatic heterocycles. The maximum atomic E-state index is 10.2. The van der Waals surface area contributed by atoms with Gasteiger partial charge >= 0.3 is 0 Å². The molecule has 0 bridgehead atoms. The van der Waals surface area contributed by atoms with Gasteiger partial charge in [-0.25, -0.2) is 0 Å². The van der Waals surface area contributed by atoms with Crippen molar-refractivity contribution in [2.24, 2.45) is 0 Å². The van der Waals surface area contributed by atoms with E-state index in [1.165, 1.54) is 7.11 Å². The van der Waals surface area contributed by atoms with E-state index >= 15 is 0 Å². The van der Waals surface area contributed by atoms with Crippen LogP contribution < -0.4 is 0 Å². The molecule has 24 heavy (non-hydrogen) atoms. The molecule has 0 aromatic rings. The maximum Gasteiger partial charge on any atom is 0.187 e. The number of hydrogen-bond donors (Lipinski definition) is 7. The summed E-state index contributed by atoms with van der Waals surface area (Å²) < 4.78 is 20.8. The number of rotatable bonds is 5. The Labute approximate surface area is 137 Å². The van der Waals surface area contributed by atoms with Crippen LogP contribution in [0.25, 0.3) is 0 Å². The molecule has 2 rings (SSSR count). The lowest BCUT2D eigenvalue weighted by Gasteiger charge is -2.45. The summed E-state index contributed by atoms with van der Waals surface area (Å²) in [6.07, 6.45) is -14.3. The van der Waals surface area contributed by atoms with Crippen LogP contribution in [0.15, 0.2) is 0 Å². The lowest BCUT2D eigenvalue weighted by molar-refractivity contribution is -0.364. The van der Waals surface area contributed by atoms with Crippen LogP contribution in [0.4, 0.5) is 0 Å². The zero-order valence-corrected chi connectivity index (χ0v) is 13.0. The quantitative estimate of drug-likeness (QED) is 0.251. The zero-order valence-electron chi connectivity index (χ0n) is 13.0. The Morgan fingerprint density at radius 1 is 0.708 bits per heavy atom. The van der Waals surface area contributed by atoms with E-state index in [4.69, 9.17) is 29.2 Å². The van der Waals surface area contributed by atoms with Gasteiger partial charge in [0.05, 0.1) is 13.2 Å². The minimum Gasteiger partial charge on any atom is -0.394 e. The second-order valence-electron chi connectivity index (χ2n) is 5.74. The van der Waals surface area contributed by atoms with Gasteiger partial charge in [0, 0.05) is 7.11 Å². The van der Waals surface area contributed by atoms with Crippen molar-refractivity contribution in [2.45, 2.75) is 61.4 Å². The first-order valence-electron chi connectivity index (χ1n) is 7.46. The fraction of sp³-hybridized carbons (Fsp3) is 1.00. The Bertz CT molecular complexity index is 392. The van der Waals surface area contributed by atoms with Crippen LogP contribution in [0.3, 0.4) is 0 Å². The molecule has 11 heteroatoms. The Balaban J connectivity index is 2.12. The third-order valence-electron chi connectivity index (χ3n) is 4.20. The molecule has 2 aliphatic rings. The highest BCUT2D eigenvalue weighted by Crippen LogP contribution is 2.29. The van der Waals surface area contributed by atoms with E-state index in [0.29, 0.717) is 0 Å². The molecule has 0 saturated carbocycles. The highest BCUT2D eigenvalue weighted by atomic mass is 16.8. The second-order valence-corrected chi connectivity index (χ2v) is 5.74. The Hall–Kier alpha value is -0.440. The van der Waals surface area contributed by atoms with Gasteiger partial charge in [-0.3, -0.25) is 0 Å². The molecule has 2 saturated heterocycles. The molecule has 0 radical (unpaired) electrons. The summed E-state index contributed by atoms with van der Waals surface area (Å²) in [4.78, 5) is 0. The molecule has 4 unspecified atom stereocenters. The van der Waals surface area contributed by atoms with Crippen LogP contribution in [-0.4, -0.2) is 117 Å². The summed E-state index contributed by atoms with van der Waals surface area (Å²) in [6, 6.07) is 0. The molecule has 142 valence electrons. The van der Waals surface area contributed by atoms with Crippen molar-refractivity contribution in [3.8, 4) is 0 Å². The minimum atomic E-state index is -1.68. The van der Waals surface area contributed by atoms with Gasteiger partial charge in [0.2, 0.25) is 0 Å². The zero-order chi connectivity index (χ0) is 18.0. The van der Waals surface area contributed by atoms with Gasteiger partial charge in [-0.2, -0.15) is 0 Å². The molecular weight excluding hydrogens is 332 g/mol. The summed E-state index contributed by atoms with van der Waals surface area (Å²) in [6.45, 7) is -1.21. The van der Waals surface area contributed by atoms with Crippen molar-refractivity contribution in [2.75, 3.05) is 20.3 Å². The van der Waals surface area contributed by atoms with Crippen LogP contribution in [0.2, 0.25) is 0 Å². The molecule has 10 atom stereocenters. The van der Waals surface area contributed by atoms with E-state index in [0.717, 1.165) is 0 Å². The summed E-state index contributed by atoms with van der Waals surface area (Å²) in [7, 11) is 1.24. The molecule has 11 nitrogen and oxygen atoms in total. The smallest absolute Gasteiger partial charge is 0.187 e. The van der Waals surface area contributed by atoms with E-state index in [1.54, 1.807) is 0 Å². The largest absolute Gasteiger partial charge is 0.394 e. The van der Waals surface area contributed by atoms with Crippen LogP contribution in [0.1, 0.15) is 0 Å². The van der Waals surface area contributed by atoms with Crippen LogP contribution >= 0.6 is 0 Å². The van der Waals surface area contributed by atoms with Crippen molar-refractivity contribution < 1.29 is 54.7 Å². The first-order valence-corrected chi connectivity index (χ1v) is 7.46. The molecule has 2 fully saturated rings. The highest BCUT2D eigenvalue weighted by Gasteiger charge is 2.50. The molecule has 2 aliphatic heterocycles. The molecule has 7 N–H and O–H groups in total. The van der Waals surface area contributed by atoms with Crippen LogP contribution in [0, 0.1) is 0 Å². The number of hydrogen-bond acceptors (Lipinski definition) is 11. The van der Waals surface area contributed by atoms with E-state index in [-0.39, 0.29) is 0 Å². The highest BCUT2D eigenvalue weighted by molar-refractivity contribution is 4.93. The van der Waals surface area contributed by atoms with Crippen LogP contribution in [-0.2, 0) is 18.9 Å². The lowest BCUT2D eigenvalue weighted by Crippen LogP contribution is -2.64. The first kappa shape index (κ1) is 19.9. The van der Waals surface area contributed by atoms with Gasteiger partial charge in [-0.1, -0.05) is 0 Å².